The molecule has 0 aromatic heterocycles. The van der Waals surface area contributed by atoms with E-state index in [-0.39, 0.29) is 44.8 Å². The molecule has 0 heterocycles. The van der Waals surface area contributed by atoms with E-state index in [1.54, 1.807) is 0 Å². The standard InChI is InChI=1S/C28H28P2.2C16H9.2Au/c1-5-15-25(16-6-1)29(26-17-7-2-8-18-26)23-13-14-24-30(27-19-9-3-10-20-27)28-21-11-4-12-22-28;2*1-2-14-15-9-5-3-7-12(15)11-13-8-4-6-10-16(13)14;;/h1-12,15-22H,13-14,23-24H2;2*3-11H;;/q;2*-1;2*+1/p+2. The van der Waals surface area contributed by atoms with Crippen LogP contribution in [0.25, 0.3) is 43.1 Å². The van der Waals surface area contributed by atoms with E-state index in [1.165, 1.54) is 46.4 Å². The van der Waals surface area contributed by atoms with Crippen molar-refractivity contribution in [1.29, 1.82) is 0 Å². The third-order valence-electron chi connectivity index (χ3n) is 11.4. The maximum Gasteiger partial charge on any atom is 1.00 e. The van der Waals surface area contributed by atoms with Gasteiger partial charge in [-0.3, -0.25) is 11.8 Å². The van der Waals surface area contributed by atoms with Gasteiger partial charge in [0.2, 0.25) is 0 Å². The summed E-state index contributed by atoms with van der Waals surface area (Å²) in [5.41, 5.74) is 1.77. The average molecular weight is 1220 g/mol. The molecule has 0 aliphatic rings. The largest absolute Gasteiger partial charge is 1.00 e. The van der Waals surface area contributed by atoms with Crippen LogP contribution in [-0.4, -0.2) is 12.3 Å². The second kappa shape index (κ2) is 24.7. The monoisotopic (exact) mass is 1220 g/mol. The van der Waals surface area contributed by atoms with Crippen molar-refractivity contribution in [2.24, 2.45) is 0 Å². The molecule has 4 heteroatoms. The first-order chi connectivity index (χ1) is 30.7. The van der Waals surface area contributed by atoms with Gasteiger partial charge in [0.1, 0.15) is 0 Å². The summed E-state index contributed by atoms with van der Waals surface area (Å²) in [7, 11) is -1.43. The summed E-state index contributed by atoms with van der Waals surface area (Å²) in [6.07, 6.45) is 20.1. The van der Waals surface area contributed by atoms with Crippen LogP contribution in [0.4, 0.5) is 0 Å². The molecule has 0 bridgehead atoms. The second-order valence-electron chi connectivity index (χ2n) is 15.3. The average Bonchev–Trinajstić information content (AvgIpc) is 3.35. The molecule has 0 fully saturated rings. The summed E-state index contributed by atoms with van der Waals surface area (Å²) in [6, 6.07) is 81.4. The molecule has 0 N–H and O–H groups in total. The fourth-order valence-electron chi connectivity index (χ4n) is 8.37. The zero-order chi connectivity index (χ0) is 42.4. The van der Waals surface area contributed by atoms with Crippen molar-refractivity contribution in [3.63, 3.8) is 0 Å². The molecule has 0 atom stereocenters. The van der Waals surface area contributed by atoms with Crippen LogP contribution in [-0.2, 0) is 44.8 Å². The van der Waals surface area contributed by atoms with Crippen molar-refractivity contribution in [3.05, 3.63) is 254 Å². The molecule has 0 radical (unpaired) electrons. The number of rotatable bonds is 9. The summed E-state index contributed by atoms with van der Waals surface area (Å²) in [5.74, 6) is 5.13. The van der Waals surface area contributed by atoms with Crippen molar-refractivity contribution in [2.45, 2.75) is 12.8 Å². The number of benzene rings is 10. The molecule has 64 heavy (non-hydrogen) atoms. The van der Waals surface area contributed by atoms with Gasteiger partial charge in [0.15, 0.2) is 0 Å². The van der Waals surface area contributed by atoms with E-state index >= 15 is 0 Å². The molecule has 0 amide bonds. The summed E-state index contributed by atoms with van der Waals surface area (Å²) in [5, 5.41) is 15.2. The molecule has 10 aromatic carbocycles. The fraction of sp³-hybridized carbons (Fsp3) is 0.0667. The van der Waals surface area contributed by atoms with Crippen molar-refractivity contribution in [1.82, 2.24) is 0 Å². The van der Waals surface area contributed by atoms with Gasteiger partial charge in [0, 0.05) is 0 Å². The van der Waals surface area contributed by atoms with E-state index in [2.05, 4.69) is 170 Å². The maximum absolute atomic E-state index is 7.46. The van der Waals surface area contributed by atoms with Gasteiger partial charge in [-0.25, -0.2) is 0 Å². The van der Waals surface area contributed by atoms with E-state index in [9.17, 15) is 0 Å². The van der Waals surface area contributed by atoms with Crippen LogP contribution in [0.2, 0.25) is 0 Å². The normalized spacial score (nSPS) is 10.4. The number of hydrogen-bond donors (Lipinski definition) is 0. The van der Waals surface area contributed by atoms with Crippen LogP contribution in [0, 0.1) is 24.7 Å². The minimum absolute atomic E-state index is 0. The fourth-order valence-corrected chi connectivity index (χ4v) is 13.8. The first kappa shape index (κ1) is 48.2. The van der Waals surface area contributed by atoms with Gasteiger partial charge in [0.25, 0.3) is 0 Å². The summed E-state index contributed by atoms with van der Waals surface area (Å²) in [4.78, 5) is 0. The Labute approximate surface area is 413 Å². The number of fused-ring (bicyclic) bond motifs is 4. The quantitative estimate of drug-likeness (QED) is 0.0337. The van der Waals surface area contributed by atoms with E-state index in [0.717, 1.165) is 54.2 Å². The van der Waals surface area contributed by atoms with Gasteiger partial charge in [-0.15, -0.1) is 11.1 Å². The van der Waals surface area contributed by atoms with Crippen LogP contribution in [0.5, 0.6) is 0 Å². The van der Waals surface area contributed by atoms with Gasteiger partial charge in [0.05, 0.1) is 49.4 Å². The minimum atomic E-state index is -0.714. The molecule has 10 rings (SSSR count). The maximum atomic E-state index is 7.46. The van der Waals surface area contributed by atoms with Gasteiger partial charge in [-0.2, -0.15) is 0 Å². The Morgan fingerprint density at radius 3 is 0.750 bits per heavy atom. The zero-order valence-electron chi connectivity index (χ0n) is 35.4. The smallest absolute Gasteiger partial charge is 0.366 e. The second-order valence-corrected chi connectivity index (χ2v) is 20.5. The predicted molar refractivity (Wildman–Crippen MR) is 275 cm³/mol. The predicted octanol–water partition coefficient (Wildman–Crippen LogP) is 13.4. The third-order valence-corrected chi connectivity index (χ3v) is 17.2. The van der Waals surface area contributed by atoms with Crippen LogP contribution < -0.4 is 21.2 Å². The van der Waals surface area contributed by atoms with E-state index in [0.29, 0.717) is 0 Å². The molecule has 0 aliphatic heterocycles. The Balaban J connectivity index is 0.000000170. The van der Waals surface area contributed by atoms with Gasteiger partial charge >= 0.3 is 44.8 Å². The van der Waals surface area contributed by atoms with Gasteiger partial charge in [-0.05, 0) is 95.1 Å². The van der Waals surface area contributed by atoms with Gasteiger partial charge < -0.3 is 12.8 Å². The van der Waals surface area contributed by atoms with E-state index in [4.69, 9.17) is 12.8 Å². The number of unbranched alkanes of at least 4 members (excludes halogenated alkanes) is 1. The Morgan fingerprint density at radius 1 is 0.297 bits per heavy atom. The molecule has 0 saturated heterocycles. The van der Waals surface area contributed by atoms with Crippen LogP contribution in [0.1, 0.15) is 24.0 Å². The first-order valence-electron chi connectivity index (χ1n) is 21.3. The Kier molecular flexibility index (Phi) is 18.6. The molecule has 0 saturated carbocycles. The van der Waals surface area contributed by atoms with E-state index in [1.807, 2.05) is 72.8 Å². The molecular formula is C60H48Au2P2+2. The number of hydrogen-bond acceptors (Lipinski definition) is 0. The Bertz CT molecular complexity index is 2700. The Hall–Kier alpha value is -5.30. The van der Waals surface area contributed by atoms with Crippen LogP contribution in [0.15, 0.2) is 231 Å². The van der Waals surface area contributed by atoms with Crippen molar-refractivity contribution in [2.75, 3.05) is 12.3 Å². The molecule has 10 aromatic rings. The third kappa shape index (κ3) is 11.9. The zero-order valence-corrected chi connectivity index (χ0v) is 41.7. The van der Waals surface area contributed by atoms with Crippen LogP contribution in [0.3, 0.4) is 0 Å². The van der Waals surface area contributed by atoms with Gasteiger partial charge in [-0.1, -0.05) is 191 Å². The van der Waals surface area contributed by atoms with Crippen LogP contribution >= 0.6 is 15.8 Å². The molecule has 0 unspecified atom stereocenters. The molecule has 318 valence electrons. The summed E-state index contributed by atoms with van der Waals surface area (Å²) < 4.78 is 0. The molecular weight excluding hydrogens is 1180 g/mol. The van der Waals surface area contributed by atoms with Crippen molar-refractivity contribution in [3.8, 4) is 11.8 Å². The van der Waals surface area contributed by atoms with Crippen molar-refractivity contribution >= 4 is 80.2 Å². The molecule has 0 nitrogen and oxygen atoms in total. The topological polar surface area (TPSA) is 0 Å². The molecule has 0 aliphatic carbocycles. The molecule has 0 spiro atoms. The summed E-state index contributed by atoms with van der Waals surface area (Å²) in [6.45, 7) is 0. The SMILES string of the molecule is [Au+].[Au+].[C-]#Cc1c2ccccc2cc2ccccc12.[C-]#Cc1c2ccccc2cc2ccccc12.c1ccc([PH+](CCCC[PH+](c2ccccc2)c2ccccc2)c2ccccc2)cc1. The summed E-state index contributed by atoms with van der Waals surface area (Å²) >= 11 is 0. The van der Waals surface area contributed by atoms with E-state index < -0.39 is 15.8 Å². The van der Waals surface area contributed by atoms with Crippen molar-refractivity contribution < 1.29 is 44.8 Å². The Morgan fingerprint density at radius 2 is 0.516 bits per heavy atom. The minimum Gasteiger partial charge on any atom is -0.366 e. The first-order valence-corrected chi connectivity index (χ1v) is 24.7.